The zero-order chi connectivity index (χ0) is 13.2. The first-order valence-corrected chi connectivity index (χ1v) is 7.65. The average Bonchev–Trinajstić information content (AvgIpc) is 2.42. The van der Waals surface area contributed by atoms with Crippen LogP contribution in [0.25, 0.3) is 0 Å². The summed E-state index contributed by atoms with van der Waals surface area (Å²) in [4.78, 5) is 0. The van der Waals surface area contributed by atoms with Gasteiger partial charge in [0.05, 0.1) is 6.10 Å². The highest BCUT2D eigenvalue weighted by molar-refractivity contribution is 4.80. The summed E-state index contributed by atoms with van der Waals surface area (Å²) in [5, 5.41) is 3.69. The number of nitrogens with one attached hydrogen (secondary N) is 1. The standard InChI is InChI=1S/C15H31NO2/c1-4-6-15(17-3)14(16-9-5-2)12-13-7-10-18-11-8-13/h13-16H,4-12H2,1-3H3. The second-order valence-corrected chi connectivity index (χ2v) is 5.41. The summed E-state index contributed by atoms with van der Waals surface area (Å²) >= 11 is 0. The van der Waals surface area contributed by atoms with Crippen LogP contribution in [0.15, 0.2) is 0 Å². The summed E-state index contributed by atoms with van der Waals surface area (Å²) in [6, 6.07) is 0.512. The predicted molar refractivity (Wildman–Crippen MR) is 75.9 cm³/mol. The molecule has 1 aliphatic heterocycles. The molecule has 0 saturated carbocycles. The number of hydrogen-bond acceptors (Lipinski definition) is 3. The predicted octanol–water partition coefficient (Wildman–Crippen LogP) is 2.99. The van der Waals surface area contributed by atoms with E-state index in [0.717, 1.165) is 32.1 Å². The lowest BCUT2D eigenvalue weighted by Crippen LogP contribution is -2.43. The fraction of sp³-hybridized carbons (Fsp3) is 1.00. The van der Waals surface area contributed by atoms with Crippen LogP contribution in [0.2, 0.25) is 0 Å². The topological polar surface area (TPSA) is 30.5 Å². The first-order chi connectivity index (χ1) is 8.81. The highest BCUT2D eigenvalue weighted by Gasteiger charge is 2.25. The maximum absolute atomic E-state index is 5.70. The van der Waals surface area contributed by atoms with E-state index in [4.69, 9.17) is 9.47 Å². The number of ether oxygens (including phenoxy) is 2. The molecule has 1 N–H and O–H groups in total. The van der Waals surface area contributed by atoms with Crippen LogP contribution in [0, 0.1) is 5.92 Å². The van der Waals surface area contributed by atoms with Gasteiger partial charge in [-0.15, -0.1) is 0 Å². The van der Waals surface area contributed by atoms with Crippen molar-refractivity contribution in [3.8, 4) is 0 Å². The number of methoxy groups -OCH3 is 1. The van der Waals surface area contributed by atoms with Crippen LogP contribution in [0.3, 0.4) is 0 Å². The molecule has 2 unspecified atom stereocenters. The van der Waals surface area contributed by atoms with Gasteiger partial charge in [0.15, 0.2) is 0 Å². The maximum atomic E-state index is 5.70. The maximum Gasteiger partial charge on any atom is 0.0724 e. The molecule has 1 aliphatic rings. The van der Waals surface area contributed by atoms with Crippen LogP contribution < -0.4 is 5.32 Å². The van der Waals surface area contributed by atoms with Gasteiger partial charge in [-0.2, -0.15) is 0 Å². The van der Waals surface area contributed by atoms with Gasteiger partial charge in [-0.25, -0.2) is 0 Å². The van der Waals surface area contributed by atoms with E-state index in [0.29, 0.717) is 12.1 Å². The monoisotopic (exact) mass is 257 g/mol. The highest BCUT2D eigenvalue weighted by atomic mass is 16.5. The van der Waals surface area contributed by atoms with Gasteiger partial charge in [-0.3, -0.25) is 0 Å². The van der Waals surface area contributed by atoms with Gasteiger partial charge >= 0.3 is 0 Å². The summed E-state index contributed by atoms with van der Waals surface area (Å²) in [6.45, 7) is 7.43. The Hall–Kier alpha value is -0.120. The molecule has 0 bridgehead atoms. The van der Waals surface area contributed by atoms with E-state index in [9.17, 15) is 0 Å². The van der Waals surface area contributed by atoms with Crippen molar-refractivity contribution in [1.82, 2.24) is 5.32 Å². The van der Waals surface area contributed by atoms with Crippen molar-refractivity contribution in [2.24, 2.45) is 5.92 Å². The van der Waals surface area contributed by atoms with Crippen LogP contribution >= 0.6 is 0 Å². The smallest absolute Gasteiger partial charge is 0.0724 e. The molecule has 0 aliphatic carbocycles. The van der Waals surface area contributed by atoms with E-state index < -0.39 is 0 Å². The van der Waals surface area contributed by atoms with Crippen LogP contribution in [0.1, 0.15) is 52.4 Å². The minimum atomic E-state index is 0.365. The first kappa shape index (κ1) is 15.9. The molecule has 0 radical (unpaired) electrons. The minimum Gasteiger partial charge on any atom is -0.381 e. The van der Waals surface area contributed by atoms with Crippen molar-refractivity contribution in [3.63, 3.8) is 0 Å². The van der Waals surface area contributed by atoms with Gasteiger partial charge in [0.2, 0.25) is 0 Å². The molecule has 0 aromatic rings. The third kappa shape index (κ3) is 5.68. The Labute approximate surface area is 113 Å². The summed E-state index contributed by atoms with van der Waals surface area (Å²) in [5.41, 5.74) is 0. The van der Waals surface area contributed by atoms with E-state index in [1.54, 1.807) is 0 Å². The molecular formula is C15H31NO2. The van der Waals surface area contributed by atoms with E-state index in [1.165, 1.54) is 32.1 Å². The fourth-order valence-corrected chi connectivity index (χ4v) is 2.81. The molecule has 0 spiro atoms. The summed E-state index contributed by atoms with van der Waals surface area (Å²) in [6.07, 6.45) is 7.57. The van der Waals surface area contributed by atoms with Crippen molar-refractivity contribution < 1.29 is 9.47 Å². The molecule has 3 heteroatoms. The lowest BCUT2D eigenvalue weighted by molar-refractivity contribution is 0.0291. The largest absolute Gasteiger partial charge is 0.381 e. The van der Waals surface area contributed by atoms with Gasteiger partial charge in [0.25, 0.3) is 0 Å². The molecule has 1 heterocycles. The zero-order valence-corrected chi connectivity index (χ0v) is 12.4. The summed E-state index contributed by atoms with van der Waals surface area (Å²) in [7, 11) is 1.85. The van der Waals surface area contributed by atoms with Gasteiger partial charge in [0.1, 0.15) is 0 Å². The molecule has 1 fully saturated rings. The molecule has 0 aromatic carbocycles. The van der Waals surface area contributed by atoms with Crippen molar-refractivity contribution in [2.45, 2.75) is 64.5 Å². The Bertz CT molecular complexity index is 193. The Morgan fingerprint density at radius 1 is 1.22 bits per heavy atom. The molecule has 2 atom stereocenters. The Balaban J connectivity index is 2.46. The molecular weight excluding hydrogens is 226 g/mol. The molecule has 1 rings (SSSR count). The molecule has 1 saturated heterocycles. The molecule has 0 amide bonds. The number of rotatable bonds is 9. The van der Waals surface area contributed by atoms with Crippen molar-refractivity contribution in [1.29, 1.82) is 0 Å². The zero-order valence-electron chi connectivity index (χ0n) is 12.4. The van der Waals surface area contributed by atoms with Gasteiger partial charge in [-0.05, 0) is 44.6 Å². The minimum absolute atomic E-state index is 0.365. The van der Waals surface area contributed by atoms with Crippen LogP contribution in [0.4, 0.5) is 0 Å². The highest BCUT2D eigenvalue weighted by Crippen LogP contribution is 2.23. The molecule has 3 nitrogen and oxygen atoms in total. The quantitative estimate of drug-likeness (QED) is 0.689. The second-order valence-electron chi connectivity index (χ2n) is 5.41. The lowest BCUT2D eigenvalue weighted by atomic mass is 9.89. The van der Waals surface area contributed by atoms with Gasteiger partial charge in [-0.1, -0.05) is 20.3 Å². The van der Waals surface area contributed by atoms with Crippen molar-refractivity contribution >= 4 is 0 Å². The van der Waals surface area contributed by atoms with E-state index in [-0.39, 0.29) is 0 Å². The fourth-order valence-electron chi connectivity index (χ4n) is 2.81. The normalized spacial score (nSPS) is 20.8. The number of hydrogen-bond donors (Lipinski definition) is 1. The Morgan fingerprint density at radius 2 is 1.94 bits per heavy atom. The van der Waals surface area contributed by atoms with E-state index in [1.807, 2.05) is 7.11 Å². The van der Waals surface area contributed by atoms with Crippen molar-refractivity contribution in [3.05, 3.63) is 0 Å². The van der Waals surface area contributed by atoms with E-state index >= 15 is 0 Å². The van der Waals surface area contributed by atoms with Gasteiger partial charge in [0, 0.05) is 26.4 Å². The van der Waals surface area contributed by atoms with Crippen LogP contribution in [-0.4, -0.2) is 39.0 Å². The first-order valence-electron chi connectivity index (χ1n) is 7.65. The average molecular weight is 257 g/mol. The third-order valence-corrected chi connectivity index (χ3v) is 3.91. The Kier molecular flexibility index (Phi) is 8.64. The third-order valence-electron chi connectivity index (χ3n) is 3.91. The van der Waals surface area contributed by atoms with Crippen molar-refractivity contribution in [2.75, 3.05) is 26.9 Å². The SMILES string of the molecule is CCCNC(CC1CCOCC1)C(CCC)OC. The summed E-state index contributed by atoms with van der Waals surface area (Å²) < 4.78 is 11.1. The molecule has 0 aromatic heterocycles. The van der Waals surface area contributed by atoms with Crippen LogP contribution in [0.5, 0.6) is 0 Å². The Morgan fingerprint density at radius 3 is 2.50 bits per heavy atom. The second kappa shape index (κ2) is 9.76. The molecule has 18 heavy (non-hydrogen) atoms. The van der Waals surface area contributed by atoms with E-state index in [2.05, 4.69) is 19.2 Å². The molecule has 108 valence electrons. The van der Waals surface area contributed by atoms with Crippen LogP contribution in [-0.2, 0) is 9.47 Å². The summed E-state index contributed by atoms with van der Waals surface area (Å²) in [5.74, 6) is 0.808. The lowest BCUT2D eigenvalue weighted by Gasteiger charge is -2.32. The van der Waals surface area contributed by atoms with Gasteiger partial charge < -0.3 is 14.8 Å².